The molecule has 0 aliphatic rings. The molecule has 0 bridgehead atoms. The van der Waals surface area contributed by atoms with Crippen LogP contribution in [0.3, 0.4) is 0 Å². The van der Waals surface area contributed by atoms with Crippen LogP contribution in [0.15, 0.2) is 41.8 Å². The Morgan fingerprint density at radius 2 is 2.18 bits per heavy atom. The summed E-state index contributed by atoms with van der Waals surface area (Å²) in [4.78, 5) is 20.8. The number of benzene rings is 1. The van der Waals surface area contributed by atoms with Gasteiger partial charge in [0.05, 0.1) is 22.5 Å². The Hall–Kier alpha value is -1.79. The monoisotopic (exact) mass is 331 g/mol. The van der Waals surface area contributed by atoms with Crippen LogP contribution in [0.25, 0.3) is 11.0 Å². The number of fused-ring (bicyclic) bond motifs is 1. The number of aromatic amines is 1. The molecule has 0 fully saturated rings. The van der Waals surface area contributed by atoms with E-state index in [1.54, 1.807) is 23.1 Å². The first-order valence-electron chi connectivity index (χ1n) is 7.12. The maximum Gasteiger partial charge on any atom is 0.230 e. The molecular weight excluding hydrogens is 314 g/mol. The van der Waals surface area contributed by atoms with Crippen LogP contribution < -0.4 is 5.32 Å². The van der Waals surface area contributed by atoms with Crippen LogP contribution in [0, 0.1) is 0 Å². The van der Waals surface area contributed by atoms with Gasteiger partial charge in [-0.15, -0.1) is 23.1 Å². The van der Waals surface area contributed by atoms with E-state index in [9.17, 15) is 4.79 Å². The summed E-state index contributed by atoms with van der Waals surface area (Å²) in [5.41, 5.74) is 2.01. The summed E-state index contributed by atoms with van der Waals surface area (Å²) in [6.45, 7) is 0.699. The second-order valence-corrected chi connectivity index (χ2v) is 6.89. The molecule has 4 nitrogen and oxygen atoms in total. The van der Waals surface area contributed by atoms with Gasteiger partial charge in [0, 0.05) is 11.4 Å². The van der Waals surface area contributed by atoms with Crippen molar-refractivity contribution in [3.63, 3.8) is 0 Å². The van der Waals surface area contributed by atoms with E-state index in [4.69, 9.17) is 0 Å². The average molecular weight is 331 g/mol. The summed E-state index contributed by atoms with van der Waals surface area (Å²) in [6.07, 6.45) is 0.900. The first-order chi connectivity index (χ1) is 10.8. The highest BCUT2D eigenvalue weighted by Crippen LogP contribution is 2.15. The zero-order chi connectivity index (χ0) is 15.2. The second-order valence-electron chi connectivity index (χ2n) is 4.87. The number of hydrogen-bond donors (Lipinski definition) is 2. The number of H-pyrrole nitrogens is 1. The lowest BCUT2D eigenvalue weighted by molar-refractivity contribution is -0.118. The molecule has 0 radical (unpaired) electrons. The number of hydrogen-bond acceptors (Lipinski definition) is 4. The Balaban J connectivity index is 1.38. The summed E-state index contributed by atoms with van der Waals surface area (Å²) in [5, 5.41) is 5.01. The van der Waals surface area contributed by atoms with E-state index in [0.717, 1.165) is 23.3 Å². The molecule has 0 unspecified atom stereocenters. The fourth-order valence-electron chi connectivity index (χ4n) is 2.15. The molecule has 6 heteroatoms. The van der Waals surface area contributed by atoms with Gasteiger partial charge in [0.2, 0.25) is 5.91 Å². The fraction of sp³-hybridized carbons (Fsp3) is 0.250. The van der Waals surface area contributed by atoms with Crippen LogP contribution >= 0.6 is 23.1 Å². The number of para-hydroxylation sites is 2. The van der Waals surface area contributed by atoms with Gasteiger partial charge in [-0.05, 0) is 30.0 Å². The molecule has 0 spiro atoms. The van der Waals surface area contributed by atoms with Crippen molar-refractivity contribution in [1.82, 2.24) is 15.3 Å². The average Bonchev–Trinajstić information content (AvgIpc) is 3.15. The third-order valence-electron chi connectivity index (χ3n) is 3.18. The molecule has 1 aromatic carbocycles. The van der Waals surface area contributed by atoms with Crippen molar-refractivity contribution >= 4 is 40.0 Å². The number of carbonyl (C=O) groups excluding carboxylic acids is 1. The predicted octanol–water partition coefficient (Wildman–Crippen LogP) is 3.22. The van der Waals surface area contributed by atoms with E-state index < -0.39 is 0 Å². The van der Waals surface area contributed by atoms with Crippen LogP contribution in [0.5, 0.6) is 0 Å². The third kappa shape index (κ3) is 4.11. The van der Waals surface area contributed by atoms with Gasteiger partial charge in [-0.3, -0.25) is 4.79 Å². The number of nitrogens with zero attached hydrogens (tertiary/aromatic N) is 1. The van der Waals surface area contributed by atoms with Crippen molar-refractivity contribution in [2.45, 2.75) is 12.2 Å². The van der Waals surface area contributed by atoms with E-state index in [0.29, 0.717) is 18.1 Å². The van der Waals surface area contributed by atoms with Crippen molar-refractivity contribution in [3.05, 3.63) is 52.5 Å². The van der Waals surface area contributed by atoms with Gasteiger partial charge in [-0.2, -0.15) is 0 Å². The summed E-state index contributed by atoms with van der Waals surface area (Å²) < 4.78 is 0. The number of thiophene rings is 1. The highest BCUT2D eigenvalue weighted by molar-refractivity contribution is 7.99. The number of nitrogens with one attached hydrogen (secondary N) is 2. The predicted molar refractivity (Wildman–Crippen MR) is 93.3 cm³/mol. The number of rotatable bonds is 7. The molecular formula is C16H17N3OS2. The van der Waals surface area contributed by atoms with Crippen molar-refractivity contribution in [3.8, 4) is 0 Å². The minimum atomic E-state index is 0.0812. The molecule has 3 rings (SSSR count). The highest BCUT2D eigenvalue weighted by Gasteiger charge is 2.05. The standard InChI is InChI=1S/C16H17N3OS2/c20-16(17-8-7-12-4-3-9-22-12)11-21-10-15-18-13-5-1-2-6-14(13)19-15/h1-6,9H,7-8,10-11H2,(H,17,20)(H,18,19). The lowest BCUT2D eigenvalue weighted by atomic mass is 10.3. The number of imidazole rings is 1. The van der Waals surface area contributed by atoms with E-state index in [1.165, 1.54) is 4.88 Å². The maximum absolute atomic E-state index is 11.8. The molecule has 3 aromatic rings. The topological polar surface area (TPSA) is 57.8 Å². The van der Waals surface area contributed by atoms with Gasteiger partial charge in [-0.1, -0.05) is 18.2 Å². The Bertz CT molecular complexity index is 704. The molecule has 1 amide bonds. The Morgan fingerprint density at radius 3 is 3.00 bits per heavy atom. The molecule has 2 N–H and O–H groups in total. The number of thioether (sulfide) groups is 1. The van der Waals surface area contributed by atoms with Gasteiger partial charge in [0.25, 0.3) is 0 Å². The van der Waals surface area contributed by atoms with Crippen LogP contribution in [-0.4, -0.2) is 28.2 Å². The van der Waals surface area contributed by atoms with Gasteiger partial charge >= 0.3 is 0 Å². The Morgan fingerprint density at radius 1 is 1.27 bits per heavy atom. The van der Waals surface area contributed by atoms with Gasteiger partial charge < -0.3 is 10.3 Å². The lowest BCUT2D eigenvalue weighted by Gasteiger charge is -2.03. The van der Waals surface area contributed by atoms with E-state index in [1.807, 2.05) is 30.3 Å². The van der Waals surface area contributed by atoms with Crippen LogP contribution in [0.2, 0.25) is 0 Å². The smallest absolute Gasteiger partial charge is 0.230 e. The summed E-state index contributed by atoms with van der Waals surface area (Å²) >= 11 is 3.30. The maximum atomic E-state index is 11.8. The lowest BCUT2D eigenvalue weighted by Crippen LogP contribution is -2.27. The Labute approximate surface area is 137 Å². The van der Waals surface area contributed by atoms with Gasteiger partial charge in [-0.25, -0.2) is 4.98 Å². The van der Waals surface area contributed by atoms with E-state index >= 15 is 0 Å². The normalized spacial score (nSPS) is 10.9. The molecule has 2 aromatic heterocycles. The number of aromatic nitrogens is 2. The fourth-order valence-corrected chi connectivity index (χ4v) is 3.57. The molecule has 0 aliphatic carbocycles. The van der Waals surface area contributed by atoms with Crippen LogP contribution in [-0.2, 0) is 17.0 Å². The van der Waals surface area contributed by atoms with Crippen molar-refractivity contribution in [1.29, 1.82) is 0 Å². The molecule has 22 heavy (non-hydrogen) atoms. The van der Waals surface area contributed by atoms with Crippen molar-refractivity contribution < 1.29 is 4.79 Å². The zero-order valence-corrected chi connectivity index (χ0v) is 13.7. The minimum Gasteiger partial charge on any atom is -0.355 e. The molecule has 114 valence electrons. The molecule has 0 saturated heterocycles. The molecule has 0 aliphatic heterocycles. The SMILES string of the molecule is O=C(CSCc1nc2ccccc2[nH]1)NCCc1cccs1. The van der Waals surface area contributed by atoms with Crippen molar-refractivity contribution in [2.75, 3.05) is 12.3 Å². The van der Waals surface area contributed by atoms with E-state index in [2.05, 4.69) is 26.7 Å². The zero-order valence-electron chi connectivity index (χ0n) is 12.0. The summed E-state index contributed by atoms with van der Waals surface area (Å²) in [7, 11) is 0. The van der Waals surface area contributed by atoms with Crippen LogP contribution in [0.1, 0.15) is 10.7 Å². The van der Waals surface area contributed by atoms with Crippen molar-refractivity contribution in [2.24, 2.45) is 0 Å². The van der Waals surface area contributed by atoms with Crippen LogP contribution in [0.4, 0.5) is 0 Å². The number of amides is 1. The molecule has 0 saturated carbocycles. The number of carbonyl (C=O) groups is 1. The summed E-state index contributed by atoms with van der Waals surface area (Å²) in [6, 6.07) is 12.1. The quantitative estimate of drug-likeness (QED) is 0.699. The highest BCUT2D eigenvalue weighted by atomic mass is 32.2. The molecule has 2 heterocycles. The van der Waals surface area contributed by atoms with E-state index in [-0.39, 0.29) is 5.91 Å². The first-order valence-corrected chi connectivity index (χ1v) is 9.15. The second kappa shape index (κ2) is 7.47. The summed E-state index contributed by atoms with van der Waals surface area (Å²) in [5.74, 6) is 2.17. The largest absolute Gasteiger partial charge is 0.355 e. The minimum absolute atomic E-state index is 0.0812. The molecule has 0 atom stereocenters. The van der Waals surface area contributed by atoms with Gasteiger partial charge in [0.1, 0.15) is 5.82 Å². The third-order valence-corrected chi connectivity index (χ3v) is 5.06. The Kier molecular flexibility index (Phi) is 5.13. The first kappa shape index (κ1) is 15.1. The van der Waals surface area contributed by atoms with Gasteiger partial charge in [0.15, 0.2) is 0 Å².